The summed E-state index contributed by atoms with van der Waals surface area (Å²) in [5.41, 5.74) is 2.60. The Hall–Kier alpha value is -1.39. The van der Waals surface area contributed by atoms with Crippen LogP contribution in [0.5, 0.6) is 0 Å². The van der Waals surface area contributed by atoms with Crippen LogP contribution in [0.3, 0.4) is 0 Å². The van der Waals surface area contributed by atoms with Crippen LogP contribution in [-0.4, -0.2) is 43.2 Å². The monoisotopic (exact) mass is 291 g/mol. The van der Waals surface area contributed by atoms with E-state index in [1.165, 1.54) is 11.1 Å². The Bertz CT molecular complexity index is 473. The smallest absolute Gasteiger partial charge is 0.320 e. The lowest BCUT2D eigenvalue weighted by molar-refractivity contribution is -0.145. The predicted molar refractivity (Wildman–Crippen MR) is 82.2 cm³/mol. The summed E-state index contributed by atoms with van der Waals surface area (Å²) in [5.74, 6) is -0.171. The number of ether oxygens (including phenoxy) is 2. The standard InChI is InChI=1S/C17H25NO3/c1-4-20-17(19)12-18(13(2)3)11-16-15-8-6-5-7-14(15)9-10-21-16/h5-8,13,16H,4,9-12H2,1-3H3. The molecule has 21 heavy (non-hydrogen) atoms. The van der Waals surface area contributed by atoms with Crippen LogP contribution in [0.15, 0.2) is 24.3 Å². The predicted octanol–water partition coefficient (Wildman–Crippen LogP) is 2.57. The molecule has 2 rings (SSSR count). The molecule has 0 saturated heterocycles. The van der Waals surface area contributed by atoms with E-state index in [1.54, 1.807) is 0 Å². The number of nitrogens with zero attached hydrogens (tertiary/aromatic N) is 1. The molecule has 1 unspecified atom stereocenters. The zero-order chi connectivity index (χ0) is 15.2. The molecule has 0 amide bonds. The van der Waals surface area contributed by atoms with Crippen molar-refractivity contribution in [3.63, 3.8) is 0 Å². The fourth-order valence-corrected chi connectivity index (χ4v) is 2.67. The van der Waals surface area contributed by atoms with E-state index in [1.807, 2.05) is 13.0 Å². The van der Waals surface area contributed by atoms with Crippen molar-refractivity contribution in [3.05, 3.63) is 35.4 Å². The molecule has 0 aromatic heterocycles. The van der Waals surface area contributed by atoms with E-state index in [9.17, 15) is 4.79 Å². The molecule has 0 N–H and O–H groups in total. The van der Waals surface area contributed by atoms with Gasteiger partial charge in [-0.15, -0.1) is 0 Å². The molecule has 4 heteroatoms. The van der Waals surface area contributed by atoms with Gasteiger partial charge < -0.3 is 9.47 Å². The van der Waals surface area contributed by atoms with Crippen LogP contribution in [0.1, 0.15) is 38.0 Å². The SMILES string of the molecule is CCOC(=O)CN(CC1OCCc2ccccc21)C(C)C. The van der Waals surface area contributed by atoms with Gasteiger partial charge in [0.2, 0.25) is 0 Å². The van der Waals surface area contributed by atoms with Gasteiger partial charge in [0.05, 0.1) is 25.9 Å². The van der Waals surface area contributed by atoms with Crippen molar-refractivity contribution < 1.29 is 14.3 Å². The van der Waals surface area contributed by atoms with E-state index in [0.717, 1.165) is 13.0 Å². The summed E-state index contributed by atoms with van der Waals surface area (Å²) < 4.78 is 11.0. The van der Waals surface area contributed by atoms with Crippen LogP contribution in [0.2, 0.25) is 0 Å². The lowest BCUT2D eigenvalue weighted by Crippen LogP contribution is -2.40. The molecule has 0 bridgehead atoms. The van der Waals surface area contributed by atoms with E-state index in [0.29, 0.717) is 19.7 Å². The Morgan fingerprint density at radius 3 is 2.90 bits per heavy atom. The third-order valence-electron chi connectivity index (χ3n) is 3.86. The lowest BCUT2D eigenvalue weighted by atomic mass is 9.97. The number of benzene rings is 1. The number of carbonyl (C=O) groups excluding carboxylic acids is 1. The molecule has 1 atom stereocenters. The highest BCUT2D eigenvalue weighted by Crippen LogP contribution is 2.28. The number of fused-ring (bicyclic) bond motifs is 1. The summed E-state index contributed by atoms with van der Waals surface area (Å²) >= 11 is 0. The first-order valence-electron chi connectivity index (χ1n) is 7.71. The maximum atomic E-state index is 11.7. The first-order chi connectivity index (χ1) is 10.1. The Kier molecular flexibility index (Phi) is 5.76. The van der Waals surface area contributed by atoms with Crippen LogP contribution in [0.25, 0.3) is 0 Å². The zero-order valence-electron chi connectivity index (χ0n) is 13.2. The molecule has 116 valence electrons. The number of rotatable bonds is 6. The van der Waals surface area contributed by atoms with Crippen molar-refractivity contribution in [1.29, 1.82) is 0 Å². The second-order valence-corrected chi connectivity index (χ2v) is 5.64. The molecule has 0 saturated carbocycles. The maximum Gasteiger partial charge on any atom is 0.320 e. The minimum atomic E-state index is -0.171. The normalized spacial score (nSPS) is 17.9. The molecule has 0 fully saturated rings. The Balaban J connectivity index is 2.06. The molecule has 0 radical (unpaired) electrons. The largest absolute Gasteiger partial charge is 0.465 e. The molecule has 0 spiro atoms. The second-order valence-electron chi connectivity index (χ2n) is 5.64. The van der Waals surface area contributed by atoms with E-state index in [4.69, 9.17) is 9.47 Å². The lowest BCUT2D eigenvalue weighted by Gasteiger charge is -2.33. The first-order valence-corrected chi connectivity index (χ1v) is 7.71. The molecule has 1 heterocycles. The highest BCUT2D eigenvalue weighted by Gasteiger charge is 2.25. The van der Waals surface area contributed by atoms with Crippen molar-refractivity contribution in [2.45, 2.75) is 39.3 Å². The minimum Gasteiger partial charge on any atom is -0.465 e. The van der Waals surface area contributed by atoms with E-state index in [2.05, 4.69) is 36.9 Å². The van der Waals surface area contributed by atoms with Crippen molar-refractivity contribution in [1.82, 2.24) is 4.90 Å². The molecular formula is C17H25NO3. The summed E-state index contributed by atoms with van der Waals surface area (Å²) in [6.07, 6.45) is 0.999. The number of hydrogen-bond donors (Lipinski definition) is 0. The van der Waals surface area contributed by atoms with Gasteiger partial charge in [-0.1, -0.05) is 24.3 Å². The molecule has 1 aliphatic heterocycles. The molecule has 1 aromatic rings. The van der Waals surface area contributed by atoms with Gasteiger partial charge in [0, 0.05) is 12.6 Å². The van der Waals surface area contributed by atoms with Gasteiger partial charge in [0.25, 0.3) is 0 Å². The van der Waals surface area contributed by atoms with Gasteiger partial charge >= 0.3 is 5.97 Å². The fourth-order valence-electron chi connectivity index (χ4n) is 2.67. The summed E-state index contributed by atoms with van der Waals surface area (Å²) in [4.78, 5) is 13.9. The highest BCUT2D eigenvalue weighted by atomic mass is 16.5. The number of esters is 1. The fraction of sp³-hybridized carbons (Fsp3) is 0.588. The average Bonchev–Trinajstić information content (AvgIpc) is 2.47. The summed E-state index contributed by atoms with van der Waals surface area (Å²) in [6.45, 7) is 8.21. The van der Waals surface area contributed by atoms with E-state index >= 15 is 0 Å². The van der Waals surface area contributed by atoms with Gasteiger partial charge in [0.15, 0.2) is 0 Å². The number of hydrogen-bond acceptors (Lipinski definition) is 4. The topological polar surface area (TPSA) is 38.8 Å². The maximum absolute atomic E-state index is 11.7. The van der Waals surface area contributed by atoms with Gasteiger partial charge in [-0.2, -0.15) is 0 Å². The number of carbonyl (C=O) groups is 1. The summed E-state index contributed by atoms with van der Waals surface area (Å²) in [6, 6.07) is 8.68. The third kappa shape index (κ3) is 4.29. The highest BCUT2D eigenvalue weighted by molar-refractivity contribution is 5.71. The van der Waals surface area contributed by atoms with Gasteiger partial charge in [0.1, 0.15) is 0 Å². The van der Waals surface area contributed by atoms with Crippen LogP contribution >= 0.6 is 0 Å². The van der Waals surface area contributed by atoms with Crippen molar-refractivity contribution in [2.24, 2.45) is 0 Å². The zero-order valence-corrected chi connectivity index (χ0v) is 13.2. The first kappa shape index (κ1) is 16.0. The quantitative estimate of drug-likeness (QED) is 0.755. The molecule has 4 nitrogen and oxygen atoms in total. The molecule has 1 aliphatic rings. The average molecular weight is 291 g/mol. The third-order valence-corrected chi connectivity index (χ3v) is 3.86. The molecule has 1 aromatic carbocycles. The Labute approximate surface area is 127 Å². The van der Waals surface area contributed by atoms with Crippen LogP contribution in [-0.2, 0) is 20.7 Å². The molecule has 0 aliphatic carbocycles. The van der Waals surface area contributed by atoms with Crippen LogP contribution < -0.4 is 0 Å². The van der Waals surface area contributed by atoms with Gasteiger partial charge in [-0.3, -0.25) is 9.69 Å². The van der Waals surface area contributed by atoms with Crippen LogP contribution in [0, 0.1) is 0 Å². The van der Waals surface area contributed by atoms with E-state index < -0.39 is 0 Å². The Morgan fingerprint density at radius 2 is 2.19 bits per heavy atom. The van der Waals surface area contributed by atoms with Crippen molar-refractivity contribution in [3.8, 4) is 0 Å². The van der Waals surface area contributed by atoms with Crippen molar-refractivity contribution in [2.75, 3.05) is 26.3 Å². The van der Waals surface area contributed by atoms with Gasteiger partial charge in [-0.05, 0) is 38.3 Å². The Morgan fingerprint density at radius 1 is 1.43 bits per heavy atom. The van der Waals surface area contributed by atoms with Crippen molar-refractivity contribution >= 4 is 5.97 Å². The summed E-state index contributed by atoms with van der Waals surface area (Å²) in [7, 11) is 0. The summed E-state index contributed by atoms with van der Waals surface area (Å²) in [5, 5.41) is 0. The van der Waals surface area contributed by atoms with Crippen LogP contribution in [0.4, 0.5) is 0 Å². The second kappa shape index (κ2) is 7.57. The van der Waals surface area contributed by atoms with Gasteiger partial charge in [-0.25, -0.2) is 0 Å². The van der Waals surface area contributed by atoms with E-state index in [-0.39, 0.29) is 18.1 Å². The molecular weight excluding hydrogens is 266 g/mol. The minimum absolute atomic E-state index is 0.0341.